The quantitative estimate of drug-likeness (QED) is 0.821. The maximum absolute atomic E-state index is 12.2. The van der Waals surface area contributed by atoms with Gasteiger partial charge in [0.1, 0.15) is 0 Å². The third kappa shape index (κ3) is 3.69. The van der Waals surface area contributed by atoms with Gasteiger partial charge >= 0.3 is 0 Å². The number of carbonyl (C=O) groups is 1. The number of hydrogen-bond acceptors (Lipinski definition) is 3. The minimum atomic E-state index is -0.543. The number of amides is 1. The van der Waals surface area contributed by atoms with Gasteiger partial charge in [-0.2, -0.15) is 0 Å². The summed E-state index contributed by atoms with van der Waals surface area (Å²) in [6.45, 7) is 7.09. The Labute approximate surface area is 110 Å². The SMILES string of the molecule is CCN(C(=O)CN1CCCC(C)(O)CC1)C1CC1. The van der Waals surface area contributed by atoms with Crippen LogP contribution in [0, 0.1) is 0 Å². The normalized spacial score (nSPS) is 29.9. The highest BCUT2D eigenvalue weighted by Crippen LogP contribution is 2.27. The number of rotatable bonds is 4. The molecule has 18 heavy (non-hydrogen) atoms. The van der Waals surface area contributed by atoms with Gasteiger partial charge in [0.2, 0.25) is 5.91 Å². The van der Waals surface area contributed by atoms with E-state index < -0.39 is 5.60 Å². The monoisotopic (exact) mass is 254 g/mol. The molecule has 1 saturated heterocycles. The first kappa shape index (κ1) is 13.8. The predicted octanol–water partition coefficient (Wildman–Crippen LogP) is 1.23. The van der Waals surface area contributed by atoms with Gasteiger partial charge in [-0.1, -0.05) is 0 Å². The Bertz CT molecular complexity index is 300. The Morgan fingerprint density at radius 1 is 1.39 bits per heavy atom. The zero-order valence-corrected chi connectivity index (χ0v) is 11.7. The Morgan fingerprint density at radius 3 is 2.72 bits per heavy atom. The van der Waals surface area contributed by atoms with Crippen molar-refractivity contribution in [2.24, 2.45) is 0 Å². The van der Waals surface area contributed by atoms with Crippen LogP contribution in [0.4, 0.5) is 0 Å². The maximum Gasteiger partial charge on any atom is 0.236 e. The summed E-state index contributed by atoms with van der Waals surface area (Å²) < 4.78 is 0. The number of aliphatic hydroxyl groups is 1. The van der Waals surface area contributed by atoms with Crippen LogP contribution in [0.25, 0.3) is 0 Å². The molecule has 1 saturated carbocycles. The fourth-order valence-corrected chi connectivity index (χ4v) is 2.78. The Hall–Kier alpha value is -0.610. The van der Waals surface area contributed by atoms with Crippen LogP contribution in [0.2, 0.25) is 0 Å². The van der Waals surface area contributed by atoms with Gasteiger partial charge in [-0.05, 0) is 52.5 Å². The summed E-state index contributed by atoms with van der Waals surface area (Å²) >= 11 is 0. The molecular formula is C14H26N2O2. The fourth-order valence-electron chi connectivity index (χ4n) is 2.78. The second-order valence-electron chi connectivity index (χ2n) is 6.04. The molecule has 2 fully saturated rings. The molecule has 2 rings (SSSR count). The lowest BCUT2D eigenvalue weighted by Crippen LogP contribution is -2.42. The molecule has 1 aliphatic heterocycles. The van der Waals surface area contributed by atoms with Crippen molar-refractivity contribution in [2.75, 3.05) is 26.2 Å². The van der Waals surface area contributed by atoms with E-state index in [-0.39, 0.29) is 5.91 Å². The highest BCUT2D eigenvalue weighted by atomic mass is 16.3. The van der Waals surface area contributed by atoms with E-state index in [1.165, 1.54) is 12.8 Å². The van der Waals surface area contributed by atoms with Gasteiger partial charge in [-0.25, -0.2) is 0 Å². The van der Waals surface area contributed by atoms with Crippen molar-refractivity contribution >= 4 is 5.91 Å². The molecule has 1 N–H and O–H groups in total. The smallest absolute Gasteiger partial charge is 0.236 e. The third-order valence-corrected chi connectivity index (χ3v) is 4.16. The Morgan fingerprint density at radius 2 is 2.11 bits per heavy atom. The van der Waals surface area contributed by atoms with Gasteiger partial charge in [-0.3, -0.25) is 9.69 Å². The van der Waals surface area contributed by atoms with E-state index in [0.717, 1.165) is 38.9 Å². The molecule has 0 radical (unpaired) electrons. The van der Waals surface area contributed by atoms with E-state index in [2.05, 4.69) is 11.8 Å². The molecule has 0 bridgehead atoms. The van der Waals surface area contributed by atoms with Crippen molar-refractivity contribution in [3.63, 3.8) is 0 Å². The van der Waals surface area contributed by atoms with Gasteiger partial charge in [0, 0.05) is 19.1 Å². The van der Waals surface area contributed by atoms with Crippen molar-refractivity contribution < 1.29 is 9.90 Å². The van der Waals surface area contributed by atoms with Crippen LogP contribution in [0.1, 0.15) is 46.0 Å². The molecule has 1 aliphatic carbocycles. The van der Waals surface area contributed by atoms with E-state index in [9.17, 15) is 9.90 Å². The second kappa shape index (κ2) is 5.57. The molecule has 0 spiro atoms. The van der Waals surface area contributed by atoms with Gasteiger partial charge in [0.15, 0.2) is 0 Å². The number of nitrogens with zero attached hydrogens (tertiary/aromatic N) is 2. The third-order valence-electron chi connectivity index (χ3n) is 4.16. The average Bonchev–Trinajstić information content (AvgIpc) is 3.10. The van der Waals surface area contributed by atoms with Crippen LogP contribution in [0.3, 0.4) is 0 Å². The molecule has 2 aliphatic rings. The summed E-state index contributed by atoms with van der Waals surface area (Å²) in [6, 6.07) is 0.512. The molecule has 0 aromatic carbocycles. The molecule has 4 heteroatoms. The summed E-state index contributed by atoms with van der Waals surface area (Å²) in [4.78, 5) is 16.4. The minimum Gasteiger partial charge on any atom is -0.390 e. The maximum atomic E-state index is 12.2. The molecule has 1 unspecified atom stereocenters. The summed E-state index contributed by atoms with van der Waals surface area (Å²) in [6.07, 6.45) is 4.95. The van der Waals surface area contributed by atoms with Crippen LogP contribution < -0.4 is 0 Å². The average molecular weight is 254 g/mol. The zero-order chi connectivity index (χ0) is 13.2. The van der Waals surface area contributed by atoms with Crippen molar-refractivity contribution in [1.82, 2.24) is 9.80 Å². The van der Waals surface area contributed by atoms with Crippen molar-refractivity contribution in [1.29, 1.82) is 0 Å². The highest BCUT2D eigenvalue weighted by molar-refractivity contribution is 5.78. The Balaban J connectivity index is 1.83. The molecular weight excluding hydrogens is 228 g/mol. The van der Waals surface area contributed by atoms with Gasteiger partial charge in [-0.15, -0.1) is 0 Å². The van der Waals surface area contributed by atoms with E-state index in [4.69, 9.17) is 0 Å². The standard InChI is InChI=1S/C14H26N2O2/c1-3-16(12-5-6-12)13(17)11-15-9-4-7-14(2,18)8-10-15/h12,18H,3-11H2,1-2H3. The van der Waals surface area contributed by atoms with E-state index >= 15 is 0 Å². The molecule has 0 aromatic heterocycles. The van der Waals surface area contributed by atoms with Crippen molar-refractivity contribution in [2.45, 2.75) is 57.6 Å². The lowest BCUT2D eigenvalue weighted by Gasteiger charge is -2.26. The zero-order valence-electron chi connectivity index (χ0n) is 11.7. The lowest BCUT2D eigenvalue weighted by atomic mass is 9.98. The number of likely N-dealkylation sites (tertiary alicyclic amines) is 1. The summed E-state index contributed by atoms with van der Waals surface area (Å²) in [7, 11) is 0. The van der Waals surface area contributed by atoms with E-state index in [1.807, 2.05) is 11.8 Å². The molecule has 104 valence electrons. The van der Waals surface area contributed by atoms with Gasteiger partial charge in [0.25, 0.3) is 0 Å². The number of hydrogen-bond donors (Lipinski definition) is 1. The highest BCUT2D eigenvalue weighted by Gasteiger charge is 2.32. The summed E-state index contributed by atoms with van der Waals surface area (Å²) in [5.41, 5.74) is -0.543. The van der Waals surface area contributed by atoms with E-state index in [1.54, 1.807) is 0 Å². The first-order chi connectivity index (χ1) is 8.52. The number of carbonyl (C=O) groups excluding carboxylic acids is 1. The molecule has 4 nitrogen and oxygen atoms in total. The lowest BCUT2D eigenvalue weighted by molar-refractivity contribution is -0.132. The second-order valence-corrected chi connectivity index (χ2v) is 6.04. The number of likely N-dealkylation sites (N-methyl/N-ethyl adjacent to an activating group) is 1. The molecule has 1 amide bonds. The predicted molar refractivity (Wildman–Crippen MR) is 71.3 cm³/mol. The van der Waals surface area contributed by atoms with Crippen LogP contribution >= 0.6 is 0 Å². The first-order valence-corrected chi connectivity index (χ1v) is 7.26. The minimum absolute atomic E-state index is 0.265. The fraction of sp³-hybridized carbons (Fsp3) is 0.929. The van der Waals surface area contributed by atoms with Gasteiger partial charge in [0.05, 0.1) is 12.1 Å². The summed E-state index contributed by atoms with van der Waals surface area (Å²) in [5, 5.41) is 10.0. The van der Waals surface area contributed by atoms with Crippen LogP contribution in [0.5, 0.6) is 0 Å². The Kier molecular flexibility index (Phi) is 4.28. The van der Waals surface area contributed by atoms with Crippen LogP contribution in [-0.4, -0.2) is 58.6 Å². The van der Waals surface area contributed by atoms with Crippen LogP contribution in [0.15, 0.2) is 0 Å². The first-order valence-electron chi connectivity index (χ1n) is 7.26. The van der Waals surface area contributed by atoms with E-state index in [0.29, 0.717) is 12.6 Å². The summed E-state index contributed by atoms with van der Waals surface area (Å²) in [5.74, 6) is 0.265. The molecule has 1 heterocycles. The molecule has 1 atom stereocenters. The van der Waals surface area contributed by atoms with Crippen molar-refractivity contribution in [3.8, 4) is 0 Å². The topological polar surface area (TPSA) is 43.8 Å². The largest absolute Gasteiger partial charge is 0.390 e. The van der Waals surface area contributed by atoms with Gasteiger partial charge < -0.3 is 10.0 Å². The van der Waals surface area contributed by atoms with Crippen LogP contribution in [-0.2, 0) is 4.79 Å². The molecule has 0 aromatic rings. The van der Waals surface area contributed by atoms with Crippen molar-refractivity contribution in [3.05, 3.63) is 0 Å².